The summed E-state index contributed by atoms with van der Waals surface area (Å²) < 4.78 is 15.8. The zero-order valence-electron chi connectivity index (χ0n) is 42.3. The van der Waals surface area contributed by atoms with Gasteiger partial charge in [-0.25, -0.2) is 5.53 Å². The number of aliphatic hydroxyl groups excluding tert-OH is 1. The quantitative estimate of drug-likeness (QED) is 0.0306. The number of likely N-dealkylation sites (tertiary alicyclic amines) is 1. The van der Waals surface area contributed by atoms with Gasteiger partial charge >= 0.3 is 0 Å². The summed E-state index contributed by atoms with van der Waals surface area (Å²) in [4.78, 5) is 107. The number of nitrogens with zero attached hydrogens (tertiary/aromatic N) is 2. The first kappa shape index (κ1) is 61.3. The number of phenolic OH excluding ortho intramolecular Hbond substituents is 1. The molecular weight excluding hydrogens is 963 g/mol. The van der Waals surface area contributed by atoms with Crippen LogP contribution in [0, 0.1) is 11.4 Å². The van der Waals surface area contributed by atoms with E-state index in [4.69, 9.17) is 36.3 Å². The van der Waals surface area contributed by atoms with Crippen molar-refractivity contribution < 1.29 is 62.8 Å². The lowest BCUT2D eigenvalue weighted by Crippen LogP contribution is -2.60. The fraction of sp³-hybridized carbons (Fsp3) is 0.560. The van der Waals surface area contributed by atoms with Crippen LogP contribution in [-0.4, -0.2) is 158 Å². The number of rotatable bonds is 37. The molecule has 0 spiro atoms. The molecule has 0 unspecified atom stereocenters. The van der Waals surface area contributed by atoms with Crippen LogP contribution in [0.1, 0.15) is 76.3 Å². The molecule has 0 aliphatic carbocycles. The summed E-state index contributed by atoms with van der Waals surface area (Å²) in [6, 6.07) is 8.82. The van der Waals surface area contributed by atoms with E-state index in [-0.39, 0.29) is 69.9 Å². The van der Waals surface area contributed by atoms with Gasteiger partial charge in [0.1, 0.15) is 36.0 Å². The lowest BCUT2D eigenvalue weighted by atomic mass is 10.00. The Morgan fingerprint density at radius 3 is 2.03 bits per heavy atom. The van der Waals surface area contributed by atoms with Gasteiger partial charge in [-0.05, 0) is 54.9 Å². The minimum absolute atomic E-state index is 0.00290. The maximum absolute atomic E-state index is 14.3. The van der Waals surface area contributed by atoms with Crippen LogP contribution >= 0.6 is 0 Å². The lowest BCUT2D eigenvalue weighted by Gasteiger charge is -2.30. The van der Waals surface area contributed by atoms with E-state index in [1.807, 2.05) is 0 Å². The minimum Gasteiger partial charge on any atom is -0.508 e. The van der Waals surface area contributed by atoms with Crippen LogP contribution in [0.15, 0.2) is 71.6 Å². The average Bonchev–Trinajstić information content (AvgIpc) is 3.87. The second kappa shape index (κ2) is 34.4. The van der Waals surface area contributed by atoms with Crippen LogP contribution in [-0.2, 0) is 65.4 Å². The zero-order chi connectivity index (χ0) is 54.3. The number of amides is 8. The molecule has 8 amide bonds. The maximum atomic E-state index is 14.3. The van der Waals surface area contributed by atoms with Crippen molar-refractivity contribution in [2.45, 2.75) is 108 Å². The molecule has 5 atom stereocenters. The highest BCUT2D eigenvalue weighted by atomic mass is 16.5. The molecule has 1 heterocycles. The normalized spacial score (nSPS) is 15.0. The summed E-state index contributed by atoms with van der Waals surface area (Å²) in [7, 11) is 0. The number of nitrogens with one attached hydrogen (secondary N) is 7. The van der Waals surface area contributed by atoms with E-state index in [0.29, 0.717) is 76.6 Å². The molecule has 24 heteroatoms. The lowest BCUT2D eigenvalue weighted by molar-refractivity contribution is -0.142. The summed E-state index contributed by atoms with van der Waals surface area (Å²) in [6.07, 6.45) is 2.88. The highest BCUT2D eigenvalue weighted by Crippen LogP contribution is 2.21. The van der Waals surface area contributed by atoms with Gasteiger partial charge in [-0.2, -0.15) is 5.11 Å². The monoisotopic (exact) mass is 1040 g/mol. The molecule has 2 aromatic carbocycles. The van der Waals surface area contributed by atoms with Crippen molar-refractivity contribution in [2.24, 2.45) is 22.5 Å². The maximum Gasteiger partial charge on any atom is 0.246 e. The standard InChI is InChI=1S/C50H75N11O13/c1-33(2)45(49(70)57-38(46(52)67)29-34-9-4-3-5-10-34)59-47(68)39(31-42(51)64)58-48(69)41-11-8-21-61(41)50(71)40(30-35-13-16-37(63)17-14-35)56-44(66)12-6-7-19-54-32-36(60-53)15-18-43(65)55-20-23-72-25-27-74-28-26-73-24-22-62/h3-5,9-10,13-14,16-17,32-33,38-41,45,53-54,62-63H,6-8,11-12,15,18-31H2,1-2H3,(H2,51,64)(H2,52,67)(H,55,65)(H,56,66)(H,57,70)(H,58,69)(H,59,68)/b36-32-,60-53?/t38-,39-,40+,41-,45-/m0/s1. The Morgan fingerprint density at radius 2 is 1.39 bits per heavy atom. The smallest absolute Gasteiger partial charge is 0.246 e. The summed E-state index contributed by atoms with van der Waals surface area (Å²) >= 11 is 0. The van der Waals surface area contributed by atoms with Crippen LogP contribution < -0.4 is 43.4 Å². The number of primary amides is 2. The second-order valence-corrected chi connectivity index (χ2v) is 17.9. The molecule has 1 saturated heterocycles. The first-order chi connectivity index (χ1) is 35.5. The van der Waals surface area contributed by atoms with Gasteiger partial charge in [-0.1, -0.05) is 56.3 Å². The van der Waals surface area contributed by atoms with Crippen LogP contribution in [0.2, 0.25) is 0 Å². The van der Waals surface area contributed by atoms with Crippen molar-refractivity contribution in [3.8, 4) is 5.75 Å². The van der Waals surface area contributed by atoms with E-state index < -0.39 is 83.9 Å². The van der Waals surface area contributed by atoms with E-state index in [0.717, 1.165) is 5.56 Å². The summed E-state index contributed by atoms with van der Waals surface area (Å²) in [6.45, 7) is 6.14. The van der Waals surface area contributed by atoms with Crippen molar-refractivity contribution in [3.05, 3.63) is 77.6 Å². The van der Waals surface area contributed by atoms with E-state index in [9.17, 15) is 43.5 Å². The van der Waals surface area contributed by atoms with Crippen molar-refractivity contribution in [3.63, 3.8) is 0 Å². The highest BCUT2D eigenvalue weighted by molar-refractivity contribution is 5.98. The van der Waals surface area contributed by atoms with Gasteiger partial charge in [0, 0.05) is 57.9 Å². The predicted octanol–water partition coefficient (Wildman–Crippen LogP) is -0.305. The Bertz CT molecular complexity index is 2150. The third kappa shape index (κ3) is 23.7. The molecule has 1 aliphatic heterocycles. The number of carbonyl (C=O) groups excluding carboxylic acids is 8. The summed E-state index contributed by atoms with van der Waals surface area (Å²) in [5.74, 6) is -5.90. The van der Waals surface area contributed by atoms with Crippen LogP contribution in [0.4, 0.5) is 0 Å². The molecule has 408 valence electrons. The van der Waals surface area contributed by atoms with E-state index in [1.165, 1.54) is 23.2 Å². The number of phenols is 1. The van der Waals surface area contributed by atoms with Crippen molar-refractivity contribution in [2.75, 3.05) is 65.9 Å². The molecule has 1 fully saturated rings. The number of unbranched alkanes of at least 4 members (excludes halogenated alkanes) is 1. The number of aromatic hydroxyl groups is 1. The third-order valence-corrected chi connectivity index (χ3v) is 11.6. The molecule has 2 aromatic rings. The molecule has 0 aromatic heterocycles. The van der Waals surface area contributed by atoms with Crippen LogP contribution in [0.3, 0.4) is 0 Å². The second-order valence-electron chi connectivity index (χ2n) is 17.9. The number of nitrogens with two attached hydrogens (primary N) is 2. The van der Waals surface area contributed by atoms with Gasteiger partial charge in [0.25, 0.3) is 0 Å². The number of allylic oxidation sites excluding steroid dienone is 1. The van der Waals surface area contributed by atoms with Gasteiger partial charge in [0.2, 0.25) is 47.3 Å². The largest absolute Gasteiger partial charge is 0.508 e. The fourth-order valence-corrected chi connectivity index (χ4v) is 7.70. The van der Waals surface area contributed by atoms with Crippen molar-refractivity contribution in [1.82, 2.24) is 36.8 Å². The third-order valence-electron chi connectivity index (χ3n) is 11.6. The van der Waals surface area contributed by atoms with Crippen LogP contribution in [0.5, 0.6) is 5.75 Å². The van der Waals surface area contributed by atoms with E-state index in [1.54, 1.807) is 56.3 Å². The Hall–Kier alpha value is -7.02. The molecule has 13 N–H and O–H groups in total. The number of benzene rings is 2. The molecule has 0 bridgehead atoms. The predicted molar refractivity (Wildman–Crippen MR) is 269 cm³/mol. The Kier molecular flexibility index (Phi) is 28.5. The first-order valence-electron chi connectivity index (χ1n) is 24.8. The zero-order valence-corrected chi connectivity index (χ0v) is 42.3. The van der Waals surface area contributed by atoms with Gasteiger partial charge in [0.05, 0.1) is 58.4 Å². The van der Waals surface area contributed by atoms with Crippen LogP contribution in [0.25, 0.3) is 0 Å². The fourth-order valence-electron chi connectivity index (χ4n) is 7.70. The summed E-state index contributed by atoms with van der Waals surface area (Å²) in [5.41, 5.74) is 20.3. The number of hydrogen-bond acceptors (Lipinski definition) is 16. The minimum atomic E-state index is -1.55. The van der Waals surface area contributed by atoms with E-state index >= 15 is 0 Å². The average molecular weight is 1040 g/mol. The molecule has 24 nitrogen and oxygen atoms in total. The Morgan fingerprint density at radius 1 is 0.743 bits per heavy atom. The van der Waals surface area contributed by atoms with Gasteiger partial charge in [-0.3, -0.25) is 38.4 Å². The molecule has 0 saturated carbocycles. The first-order valence-corrected chi connectivity index (χ1v) is 24.8. The SMILES string of the molecule is CC(C)[C@H](NC(=O)[C@H](CC(N)=O)NC(=O)[C@@H]1CCCN1C(=O)[C@@H](Cc1ccc(O)cc1)NC(=O)CCCCN/C=C(/CCC(=O)NCCOCCOCCOCCO)N=N)C(=O)N[C@@H](Cc1ccccc1)C(N)=O. The Labute approximate surface area is 431 Å². The molecule has 74 heavy (non-hydrogen) atoms. The van der Waals surface area contributed by atoms with Crippen molar-refractivity contribution in [1.29, 1.82) is 5.53 Å². The van der Waals surface area contributed by atoms with E-state index in [2.05, 4.69) is 37.0 Å². The topological polar surface area (TPSA) is 368 Å². The molecule has 1 aliphatic rings. The molecule has 0 radical (unpaired) electrons. The Balaban J connectivity index is 1.55. The number of ether oxygens (including phenoxy) is 3. The van der Waals surface area contributed by atoms with Gasteiger partial charge in [-0.15, -0.1) is 0 Å². The number of carbonyl (C=O) groups is 8. The molecule has 3 rings (SSSR count). The van der Waals surface area contributed by atoms with Gasteiger partial charge in [0.15, 0.2) is 0 Å². The number of hydrogen-bond donors (Lipinski definition) is 11. The summed E-state index contributed by atoms with van der Waals surface area (Å²) in [5, 5.41) is 38.4. The molecular formula is C50H75N11O13. The number of aliphatic hydroxyl groups is 1. The highest BCUT2D eigenvalue weighted by Gasteiger charge is 2.40. The van der Waals surface area contributed by atoms with Gasteiger partial charge < -0.3 is 72.7 Å². The van der Waals surface area contributed by atoms with Crippen molar-refractivity contribution >= 4 is 47.3 Å².